The summed E-state index contributed by atoms with van der Waals surface area (Å²) < 4.78 is 0. The number of hydrogen-bond donors (Lipinski definition) is 0. The van der Waals surface area contributed by atoms with Crippen molar-refractivity contribution in [3.8, 4) is 0 Å². The topological polar surface area (TPSA) is 0 Å². The van der Waals surface area contributed by atoms with Gasteiger partial charge in [0.15, 0.2) is 0 Å². The molecule has 0 aromatic carbocycles. The summed E-state index contributed by atoms with van der Waals surface area (Å²) in [6.07, 6.45) is 7.74. The normalized spacial score (nSPS) is 14.8. The summed E-state index contributed by atoms with van der Waals surface area (Å²) in [5, 5.41) is 0. The van der Waals surface area contributed by atoms with E-state index in [4.69, 9.17) is 0 Å². The molecule has 0 heteroatoms. The third kappa shape index (κ3) is 4.79. The van der Waals surface area contributed by atoms with E-state index in [1.54, 1.807) is 0 Å². The minimum Gasteiger partial charge on any atom is -0.0654 e. The highest BCUT2D eigenvalue weighted by Crippen LogP contribution is 2.32. The molecule has 0 aliphatic rings. The van der Waals surface area contributed by atoms with Gasteiger partial charge < -0.3 is 0 Å². The van der Waals surface area contributed by atoms with E-state index in [1.165, 1.54) is 25.7 Å². The molecule has 73 valence electrons. The third-order valence-electron chi connectivity index (χ3n) is 2.45. The molecule has 0 bridgehead atoms. The largest absolute Gasteiger partial charge is 0.0654 e. The van der Waals surface area contributed by atoms with Crippen LogP contribution in [0.1, 0.15) is 60.3 Å². The zero-order chi connectivity index (χ0) is 9.61. The van der Waals surface area contributed by atoms with Gasteiger partial charge in [-0.25, -0.2) is 0 Å². The van der Waals surface area contributed by atoms with Crippen molar-refractivity contribution in [1.82, 2.24) is 0 Å². The van der Waals surface area contributed by atoms with Crippen molar-refractivity contribution in [2.75, 3.05) is 0 Å². The molecule has 0 N–H and O–H groups in total. The minimum absolute atomic E-state index is 0.463. The highest BCUT2D eigenvalue weighted by Gasteiger charge is 2.22. The fraction of sp³-hybridized carbons (Fsp3) is 0.917. The third-order valence-corrected chi connectivity index (χ3v) is 2.45. The van der Waals surface area contributed by atoms with Crippen molar-refractivity contribution in [2.45, 2.75) is 60.3 Å². The first kappa shape index (κ1) is 12.0. The average molecular weight is 169 g/mol. The van der Waals surface area contributed by atoms with Crippen LogP contribution in [0.5, 0.6) is 0 Å². The lowest BCUT2D eigenvalue weighted by molar-refractivity contribution is 0.253. The van der Waals surface area contributed by atoms with Gasteiger partial charge in [-0.2, -0.15) is 0 Å². The average Bonchev–Trinajstić information content (AvgIpc) is 1.95. The number of unbranched alkanes of at least 4 members (excludes halogenated alkanes) is 1. The van der Waals surface area contributed by atoms with Crippen molar-refractivity contribution < 1.29 is 0 Å². The van der Waals surface area contributed by atoms with Crippen molar-refractivity contribution in [3.05, 3.63) is 6.42 Å². The van der Waals surface area contributed by atoms with Crippen LogP contribution in [0.2, 0.25) is 0 Å². The molecule has 0 aliphatic heterocycles. The SMILES string of the molecule is CCC[CH]C(CCC)C(C)(C)C. The number of rotatable bonds is 5. The van der Waals surface area contributed by atoms with Gasteiger partial charge in [0.25, 0.3) is 0 Å². The molecule has 0 heterocycles. The van der Waals surface area contributed by atoms with Gasteiger partial charge in [-0.05, 0) is 24.2 Å². The summed E-state index contributed by atoms with van der Waals surface area (Å²) in [5.74, 6) is 0.808. The van der Waals surface area contributed by atoms with Crippen molar-refractivity contribution in [1.29, 1.82) is 0 Å². The summed E-state index contributed by atoms with van der Waals surface area (Å²) in [6.45, 7) is 11.6. The molecular formula is C12H25. The standard InChI is InChI=1S/C12H25/c1-6-8-10-11(9-7-2)12(3,4)5/h10-11H,6-9H2,1-5H3. The lowest BCUT2D eigenvalue weighted by atomic mass is 9.75. The van der Waals surface area contributed by atoms with Gasteiger partial charge >= 0.3 is 0 Å². The van der Waals surface area contributed by atoms with E-state index in [-0.39, 0.29) is 0 Å². The molecule has 0 saturated heterocycles. The van der Waals surface area contributed by atoms with Crippen LogP contribution in [-0.2, 0) is 0 Å². The Morgan fingerprint density at radius 1 is 1.08 bits per heavy atom. The molecule has 0 amide bonds. The van der Waals surface area contributed by atoms with E-state index in [2.05, 4.69) is 41.0 Å². The summed E-state index contributed by atoms with van der Waals surface area (Å²) in [5.41, 5.74) is 0.463. The molecule has 0 fully saturated rings. The van der Waals surface area contributed by atoms with Crippen LogP contribution in [0.25, 0.3) is 0 Å². The first-order valence-corrected chi connectivity index (χ1v) is 5.35. The summed E-state index contributed by atoms with van der Waals surface area (Å²) in [7, 11) is 0. The van der Waals surface area contributed by atoms with Gasteiger partial charge in [0.1, 0.15) is 0 Å². The molecule has 12 heavy (non-hydrogen) atoms. The van der Waals surface area contributed by atoms with Gasteiger partial charge in [0.2, 0.25) is 0 Å². The maximum Gasteiger partial charge on any atom is -0.0334 e. The highest BCUT2D eigenvalue weighted by molar-refractivity contribution is 4.84. The first-order valence-electron chi connectivity index (χ1n) is 5.35. The second-order valence-electron chi connectivity index (χ2n) is 4.79. The van der Waals surface area contributed by atoms with E-state index >= 15 is 0 Å². The van der Waals surface area contributed by atoms with Crippen molar-refractivity contribution in [3.63, 3.8) is 0 Å². The predicted octanol–water partition coefficient (Wildman–Crippen LogP) is 4.45. The second-order valence-corrected chi connectivity index (χ2v) is 4.79. The van der Waals surface area contributed by atoms with Crippen molar-refractivity contribution in [2.24, 2.45) is 11.3 Å². The van der Waals surface area contributed by atoms with Gasteiger partial charge in [0, 0.05) is 0 Å². The van der Waals surface area contributed by atoms with Gasteiger partial charge in [0.05, 0.1) is 0 Å². The molecule has 1 unspecified atom stereocenters. The second kappa shape index (κ2) is 5.61. The molecule has 0 nitrogen and oxygen atoms in total. The van der Waals surface area contributed by atoms with Crippen LogP contribution in [-0.4, -0.2) is 0 Å². The Kier molecular flexibility index (Phi) is 5.61. The molecule has 0 aromatic heterocycles. The fourth-order valence-electron chi connectivity index (χ4n) is 1.58. The Balaban J connectivity index is 3.86. The Morgan fingerprint density at radius 3 is 2.00 bits per heavy atom. The first-order chi connectivity index (χ1) is 5.52. The van der Waals surface area contributed by atoms with E-state index < -0.39 is 0 Å². The lowest BCUT2D eigenvalue weighted by Gasteiger charge is -2.30. The molecule has 1 atom stereocenters. The fourth-order valence-corrected chi connectivity index (χ4v) is 1.58. The van der Waals surface area contributed by atoms with Crippen LogP contribution in [0.4, 0.5) is 0 Å². The lowest BCUT2D eigenvalue weighted by Crippen LogP contribution is -2.20. The monoisotopic (exact) mass is 169 g/mol. The Morgan fingerprint density at radius 2 is 1.67 bits per heavy atom. The van der Waals surface area contributed by atoms with Crippen LogP contribution in [0, 0.1) is 17.8 Å². The maximum atomic E-state index is 2.52. The zero-order valence-electron chi connectivity index (χ0n) is 9.48. The molecular weight excluding hydrogens is 144 g/mol. The van der Waals surface area contributed by atoms with Crippen molar-refractivity contribution >= 4 is 0 Å². The molecule has 0 saturated carbocycles. The highest BCUT2D eigenvalue weighted by atomic mass is 14.3. The van der Waals surface area contributed by atoms with Crippen LogP contribution < -0.4 is 0 Å². The number of hydrogen-bond acceptors (Lipinski definition) is 0. The summed E-state index contributed by atoms with van der Waals surface area (Å²) >= 11 is 0. The predicted molar refractivity (Wildman–Crippen MR) is 57.1 cm³/mol. The Labute approximate surface area is 78.8 Å². The molecule has 0 rings (SSSR count). The molecule has 1 radical (unpaired) electrons. The Hall–Kier alpha value is 0. The van der Waals surface area contributed by atoms with Crippen LogP contribution in [0.3, 0.4) is 0 Å². The van der Waals surface area contributed by atoms with Gasteiger partial charge in [-0.15, -0.1) is 0 Å². The minimum atomic E-state index is 0.463. The van der Waals surface area contributed by atoms with E-state index in [1.807, 2.05) is 0 Å². The smallest absolute Gasteiger partial charge is 0.0334 e. The molecule has 0 aromatic rings. The Bertz CT molecular complexity index is 97.1. The van der Waals surface area contributed by atoms with Crippen LogP contribution in [0.15, 0.2) is 0 Å². The van der Waals surface area contributed by atoms with Crippen LogP contribution >= 0.6 is 0 Å². The summed E-state index contributed by atoms with van der Waals surface area (Å²) in [6, 6.07) is 0. The molecule has 0 spiro atoms. The van der Waals surface area contributed by atoms with E-state index in [9.17, 15) is 0 Å². The zero-order valence-corrected chi connectivity index (χ0v) is 9.48. The summed E-state index contributed by atoms with van der Waals surface area (Å²) in [4.78, 5) is 0. The van der Waals surface area contributed by atoms with E-state index in [0.717, 1.165) is 5.92 Å². The van der Waals surface area contributed by atoms with Gasteiger partial charge in [-0.1, -0.05) is 53.9 Å². The quantitative estimate of drug-likeness (QED) is 0.570. The maximum absolute atomic E-state index is 2.52. The van der Waals surface area contributed by atoms with Gasteiger partial charge in [-0.3, -0.25) is 0 Å². The molecule has 0 aliphatic carbocycles. The van der Waals surface area contributed by atoms with E-state index in [0.29, 0.717) is 5.41 Å².